The predicted molar refractivity (Wildman–Crippen MR) is 125 cm³/mol. The van der Waals surface area contributed by atoms with Crippen LogP contribution in [-0.4, -0.2) is 50.9 Å². The second-order valence-electron chi connectivity index (χ2n) is 9.70. The number of phenols is 1. The van der Waals surface area contributed by atoms with Crippen molar-refractivity contribution in [1.82, 2.24) is 0 Å². The van der Waals surface area contributed by atoms with Crippen molar-refractivity contribution in [3.8, 4) is 11.5 Å². The fraction of sp³-hybridized carbons (Fsp3) is 0.308. The van der Waals surface area contributed by atoms with E-state index in [-0.39, 0.29) is 29.8 Å². The lowest BCUT2D eigenvalue weighted by Gasteiger charge is -2.48. The maximum absolute atomic E-state index is 13.5. The van der Waals surface area contributed by atoms with Crippen LogP contribution in [0.5, 0.6) is 11.5 Å². The first-order valence-corrected chi connectivity index (χ1v) is 11.7. The van der Waals surface area contributed by atoms with E-state index < -0.39 is 82.4 Å². The highest BCUT2D eigenvalue weighted by molar-refractivity contribution is 6.31. The number of aromatic hydroxyl groups is 1. The van der Waals surface area contributed by atoms with Crippen molar-refractivity contribution >= 4 is 40.8 Å². The molecule has 5 N–H and O–H groups in total. The van der Waals surface area contributed by atoms with Crippen LogP contribution in [0.15, 0.2) is 36.4 Å². The molecule has 0 saturated heterocycles. The van der Waals surface area contributed by atoms with Crippen molar-refractivity contribution in [2.45, 2.75) is 24.9 Å². The number of nitrogens with two attached hydrogens (primary N) is 1. The Balaban J connectivity index is 1.44. The molecule has 2 amide bonds. The van der Waals surface area contributed by atoms with Crippen LogP contribution in [0.25, 0.3) is 0 Å². The van der Waals surface area contributed by atoms with Gasteiger partial charge in [-0.05, 0) is 54.7 Å². The first kappa shape index (κ1) is 25.2. The number of Topliss-reactive ketones (excluding diaryl/α,β-unsaturated/α-hetero) is 4. The largest absolute Gasteiger partial charge is 0.505 e. The molecule has 2 aromatic rings. The molecule has 2 saturated carbocycles. The molecule has 196 valence electrons. The van der Waals surface area contributed by atoms with Gasteiger partial charge in [-0.3, -0.25) is 29.3 Å². The molecule has 2 unspecified atom stereocenters. The highest BCUT2D eigenvalue weighted by Gasteiger charge is 2.66. The van der Waals surface area contributed by atoms with Gasteiger partial charge in [-0.15, -0.1) is 0 Å². The number of nitrogens with one attached hydrogen (secondary N) is 1. The molecule has 3 aliphatic carbocycles. The Kier molecular flexibility index (Phi) is 5.86. The molecule has 5 atom stereocenters. The average molecular weight is 524 g/mol. The van der Waals surface area contributed by atoms with Gasteiger partial charge in [-0.1, -0.05) is 6.07 Å². The molecule has 0 bridgehead atoms. The first-order chi connectivity index (χ1) is 17.9. The number of amides is 2. The summed E-state index contributed by atoms with van der Waals surface area (Å²) in [6.07, 6.45) is -1.38. The second kappa shape index (κ2) is 8.84. The van der Waals surface area contributed by atoms with Crippen molar-refractivity contribution in [3.63, 3.8) is 0 Å². The summed E-state index contributed by atoms with van der Waals surface area (Å²) in [5, 5.41) is 24.3. The lowest BCUT2D eigenvalue weighted by molar-refractivity contribution is -0.175. The number of halogens is 1. The number of phenolic OH excluding ortho intramolecular Hbond substituents is 1. The molecule has 2 aromatic carbocycles. The Bertz CT molecular complexity index is 1440. The molecular weight excluding hydrogens is 503 g/mol. The number of carbonyl (C=O) groups is 6. The van der Waals surface area contributed by atoms with Gasteiger partial charge >= 0.3 is 6.09 Å². The van der Waals surface area contributed by atoms with Crippen molar-refractivity contribution < 1.29 is 48.1 Å². The molecule has 0 heterocycles. The van der Waals surface area contributed by atoms with Gasteiger partial charge < -0.3 is 20.7 Å². The van der Waals surface area contributed by atoms with Crippen LogP contribution in [-0.2, 0) is 25.6 Å². The third-order valence-corrected chi connectivity index (χ3v) is 7.54. The zero-order chi connectivity index (χ0) is 27.5. The molecule has 5 rings (SSSR count). The number of aliphatic hydroxyl groups is 1. The molecule has 0 aromatic heterocycles. The Morgan fingerprint density at radius 2 is 1.71 bits per heavy atom. The van der Waals surface area contributed by atoms with Gasteiger partial charge in [0.15, 0.2) is 34.7 Å². The van der Waals surface area contributed by atoms with Gasteiger partial charge in [0.1, 0.15) is 17.3 Å². The number of ether oxygens (including phenoxy) is 1. The quantitative estimate of drug-likeness (QED) is 0.336. The Morgan fingerprint density at radius 3 is 2.37 bits per heavy atom. The highest BCUT2D eigenvalue weighted by atomic mass is 19.1. The molecule has 0 radical (unpaired) electrons. The van der Waals surface area contributed by atoms with Gasteiger partial charge in [0.25, 0.3) is 0 Å². The molecule has 0 spiro atoms. The minimum atomic E-state index is -2.74. The van der Waals surface area contributed by atoms with E-state index in [1.165, 1.54) is 24.3 Å². The molecule has 0 aliphatic heterocycles. The average Bonchev–Trinajstić information content (AvgIpc) is 2.84. The van der Waals surface area contributed by atoms with Crippen LogP contribution in [0.1, 0.15) is 28.8 Å². The zero-order valence-electron chi connectivity index (χ0n) is 19.6. The monoisotopic (exact) mass is 524 g/mol. The normalized spacial score (nSPS) is 28.2. The van der Waals surface area contributed by atoms with Crippen LogP contribution in [0.4, 0.5) is 14.9 Å². The SMILES string of the molecule is NC(=O)C1C(=O)C[C@@H]2C[C@@H]3Cc4ccc(NC(=O)Oc5ccc(F)cc5)c(O)c4C(=O)C3C(=O)[C@]2(O)C1=O. The molecule has 3 aliphatic rings. The van der Waals surface area contributed by atoms with Crippen molar-refractivity contribution in [2.75, 3.05) is 5.32 Å². The molecule has 12 heteroatoms. The number of hydrogen-bond donors (Lipinski definition) is 4. The summed E-state index contributed by atoms with van der Waals surface area (Å²) in [5.74, 6) is -11.9. The van der Waals surface area contributed by atoms with Gasteiger partial charge in [-0.25, -0.2) is 9.18 Å². The van der Waals surface area contributed by atoms with Crippen molar-refractivity contribution in [1.29, 1.82) is 0 Å². The third-order valence-electron chi connectivity index (χ3n) is 7.54. The van der Waals surface area contributed by atoms with E-state index in [2.05, 4.69) is 5.32 Å². The Morgan fingerprint density at radius 1 is 1.03 bits per heavy atom. The summed E-state index contributed by atoms with van der Waals surface area (Å²) in [7, 11) is 0. The fourth-order valence-electron chi connectivity index (χ4n) is 5.79. The van der Waals surface area contributed by atoms with Crippen LogP contribution >= 0.6 is 0 Å². The van der Waals surface area contributed by atoms with Crippen LogP contribution < -0.4 is 15.8 Å². The summed E-state index contributed by atoms with van der Waals surface area (Å²) in [5.41, 5.74) is 2.30. The van der Waals surface area contributed by atoms with Crippen LogP contribution in [0, 0.1) is 29.5 Å². The standard InChI is InChI=1S/C26H21FN2O9/c27-13-2-4-14(5-3-13)38-25(36)29-15-6-1-10-7-11-8-12-9-16(30)19(24(28)35)23(34)26(12,37)22(33)18(11)21(32)17(10)20(15)31/h1-6,11-12,18-19,31,37H,7-9H2,(H2,28,35)(H,29,36)/t11-,12-,18?,19?,26-/m0/s1. The Labute approximate surface area is 213 Å². The first-order valence-electron chi connectivity index (χ1n) is 11.7. The summed E-state index contributed by atoms with van der Waals surface area (Å²) in [6.45, 7) is 0. The summed E-state index contributed by atoms with van der Waals surface area (Å²) in [6, 6.07) is 7.38. The summed E-state index contributed by atoms with van der Waals surface area (Å²) < 4.78 is 18.1. The number of fused-ring (bicyclic) bond motifs is 3. The minimum Gasteiger partial charge on any atom is -0.505 e. The van der Waals surface area contributed by atoms with E-state index in [9.17, 15) is 43.4 Å². The maximum Gasteiger partial charge on any atom is 0.417 e. The van der Waals surface area contributed by atoms with Crippen LogP contribution in [0.3, 0.4) is 0 Å². The van der Waals surface area contributed by atoms with E-state index in [1.54, 1.807) is 0 Å². The summed E-state index contributed by atoms with van der Waals surface area (Å²) >= 11 is 0. The predicted octanol–water partition coefficient (Wildman–Crippen LogP) is 1.08. The van der Waals surface area contributed by atoms with E-state index in [1.807, 2.05) is 0 Å². The number of carbonyl (C=O) groups excluding carboxylic acids is 6. The van der Waals surface area contributed by atoms with E-state index in [0.29, 0.717) is 5.56 Å². The number of ketones is 4. The number of hydrogen-bond acceptors (Lipinski definition) is 9. The van der Waals surface area contributed by atoms with Gasteiger partial charge in [0.2, 0.25) is 5.91 Å². The number of benzene rings is 2. The number of anilines is 1. The van der Waals surface area contributed by atoms with Gasteiger partial charge in [0, 0.05) is 12.3 Å². The zero-order valence-corrected chi connectivity index (χ0v) is 19.6. The minimum absolute atomic E-state index is 0.0146. The second-order valence-corrected chi connectivity index (χ2v) is 9.70. The fourth-order valence-corrected chi connectivity index (χ4v) is 5.79. The smallest absolute Gasteiger partial charge is 0.417 e. The molecule has 11 nitrogen and oxygen atoms in total. The topological polar surface area (TPSA) is 190 Å². The van der Waals surface area contributed by atoms with Gasteiger partial charge in [0.05, 0.1) is 17.2 Å². The van der Waals surface area contributed by atoms with E-state index in [4.69, 9.17) is 10.5 Å². The van der Waals surface area contributed by atoms with E-state index >= 15 is 0 Å². The van der Waals surface area contributed by atoms with Gasteiger partial charge in [-0.2, -0.15) is 0 Å². The molecule has 2 fully saturated rings. The van der Waals surface area contributed by atoms with Crippen molar-refractivity contribution in [2.24, 2.45) is 29.4 Å². The van der Waals surface area contributed by atoms with Crippen molar-refractivity contribution in [3.05, 3.63) is 53.3 Å². The Hall–Kier alpha value is -4.45. The number of primary amides is 1. The van der Waals surface area contributed by atoms with E-state index in [0.717, 1.165) is 12.1 Å². The third kappa shape index (κ3) is 3.76. The lowest BCUT2D eigenvalue weighted by atomic mass is 9.54. The molecule has 38 heavy (non-hydrogen) atoms. The van der Waals surface area contributed by atoms with Crippen LogP contribution in [0.2, 0.25) is 0 Å². The highest BCUT2D eigenvalue weighted by Crippen LogP contribution is 2.50. The molecular formula is C26H21FN2O9. The summed E-state index contributed by atoms with van der Waals surface area (Å²) in [4.78, 5) is 76.3. The lowest BCUT2D eigenvalue weighted by Crippen LogP contribution is -2.68. The number of rotatable bonds is 3. The maximum atomic E-state index is 13.5.